The Kier molecular flexibility index (Phi) is 20.1. The van der Waals surface area contributed by atoms with Crippen molar-refractivity contribution in [3.8, 4) is 0 Å². The van der Waals surface area contributed by atoms with Gasteiger partial charge in [0.25, 0.3) is 0 Å². The first-order valence-electron chi connectivity index (χ1n) is 16.8. The fourth-order valence-corrected chi connectivity index (χ4v) is 11.3. The number of aryl methyl sites for hydroxylation is 3. The van der Waals surface area contributed by atoms with Crippen molar-refractivity contribution < 1.29 is 58.9 Å². The van der Waals surface area contributed by atoms with Crippen LogP contribution in [0.4, 0.5) is 0 Å². The first-order chi connectivity index (χ1) is 21.2. The molecular weight excluding hydrogens is 687 g/mol. The Morgan fingerprint density at radius 1 is 0.447 bits per heavy atom. The summed E-state index contributed by atoms with van der Waals surface area (Å²) in [5, 5.41) is 5.93. The minimum atomic E-state index is -2.56. The normalized spacial score (nSPS) is 10.6. The minimum Gasteiger partial charge on any atom is -1.00 e. The van der Waals surface area contributed by atoms with Crippen LogP contribution in [0, 0.1) is 0 Å². The largest absolute Gasteiger partial charge is 4.00 e. The van der Waals surface area contributed by atoms with Gasteiger partial charge < -0.3 is 37.2 Å². The summed E-state index contributed by atoms with van der Waals surface area (Å²) >= 11 is 0. The summed E-state index contributed by atoms with van der Waals surface area (Å²) in [6, 6.07) is 47.5. The molecule has 0 aromatic heterocycles. The molecule has 0 unspecified atom stereocenters. The number of hydrogen-bond donors (Lipinski definition) is 0. The number of halogens is 3. The Balaban J connectivity index is 0.00000276. The molecule has 5 rings (SSSR count). The number of unbranched alkanes of at least 4 members (excludes halogenated alkanes) is 3. The van der Waals surface area contributed by atoms with Crippen molar-refractivity contribution in [1.82, 2.24) is 0 Å². The van der Waals surface area contributed by atoms with E-state index < -0.39 is 8.07 Å². The molecule has 0 N–H and O–H groups in total. The van der Waals surface area contributed by atoms with Crippen LogP contribution in [0.3, 0.4) is 0 Å². The summed E-state index contributed by atoms with van der Waals surface area (Å²) in [6.07, 6.45) is 11.8. The van der Waals surface area contributed by atoms with Crippen molar-refractivity contribution in [2.24, 2.45) is 0 Å². The topological polar surface area (TPSA) is 0 Å². The third kappa shape index (κ3) is 10.8. The molecule has 0 aliphatic carbocycles. The zero-order chi connectivity index (χ0) is 29.9. The molecule has 5 aromatic carbocycles. The Labute approximate surface area is 319 Å². The van der Waals surface area contributed by atoms with E-state index in [0.717, 1.165) is 25.7 Å². The maximum atomic E-state index is 2.53. The van der Waals surface area contributed by atoms with Crippen LogP contribution >= 0.6 is 0 Å². The summed E-state index contributed by atoms with van der Waals surface area (Å²) in [5.74, 6) is 0. The monoisotopic (exact) mass is 734 g/mol. The Morgan fingerprint density at radius 3 is 1.19 bits per heavy atom. The van der Waals surface area contributed by atoms with Gasteiger partial charge >= 0.3 is 21.7 Å². The summed E-state index contributed by atoms with van der Waals surface area (Å²) in [5.41, 5.74) is 7.12. The average molecular weight is 736 g/mol. The van der Waals surface area contributed by atoms with Gasteiger partial charge in [-0.2, -0.15) is 17.7 Å². The van der Waals surface area contributed by atoms with Gasteiger partial charge in [-0.15, -0.1) is 5.19 Å². The quantitative estimate of drug-likeness (QED) is 0.0768. The summed E-state index contributed by atoms with van der Waals surface area (Å²) in [4.78, 5) is 0. The Hall–Kier alpha value is -1.97. The maximum absolute atomic E-state index is 2.56. The van der Waals surface area contributed by atoms with Gasteiger partial charge in [0.1, 0.15) is 8.07 Å². The number of rotatable bonds is 15. The van der Waals surface area contributed by atoms with Gasteiger partial charge in [-0.3, -0.25) is 0 Å². The SMILES string of the molecule is CCCCc1ccc([Si](c2ccc(CCCC)cc2)(c2ccc(CCCC)cc2)[c-]2ccc(Cc3ccccc3)c2)cc1.[Cl-].[Cl-].[Cl-].[Ti+4]. The van der Waals surface area contributed by atoms with E-state index in [4.69, 9.17) is 0 Å². The summed E-state index contributed by atoms with van der Waals surface area (Å²) in [6.45, 7) is 6.84. The molecule has 246 valence electrons. The third-order valence-corrected chi connectivity index (χ3v) is 13.9. The first-order valence-corrected chi connectivity index (χ1v) is 18.8. The van der Waals surface area contributed by atoms with Crippen molar-refractivity contribution in [2.45, 2.75) is 85.0 Å². The van der Waals surface area contributed by atoms with Gasteiger partial charge in [0.05, 0.1) is 0 Å². The predicted octanol–water partition coefficient (Wildman–Crippen LogP) is -0.589. The summed E-state index contributed by atoms with van der Waals surface area (Å²) in [7, 11) is -2.56. The second-order valence-electron chi connectivity index (χ2n) is 12.3. The van der Waals surface area contributed by atoms with Gasteiger partial charge in [-0.05, 0) is 55.2 Å². The third-order valence-electron chi connectivity index (χ3n) is 9.12. The van der Waals surface area contributed by atoms with Crippen LogP contribution < -0.4 is 58.0 Å². The Morgan fingerprint density at radius 2 is 0.830 bits per heavy atom. The van der Waals surface area contributed by atoms with Crippen LogP contribution in [-0.4, -0.2) is 8.07 Å². The number of hydrogen-bond acceptors (Lipinski definition) is 0. The molecule has 0 nitrogen and oxygen atoms in total. The van der Waals surface area contributed by atoms with Crippen LogP contribution in [0.1, 0.15) is 87.1 Å². The molecule has 0 heterocycles. The van der Waals surface area contributed by atoms with E-state index in [9.17, 15) is 0 Å². The molecule has 0 atom stereocenters. The first kappa shape index (κ1) is 43.1. The van der Waals surface area contributed by atoms with E-state index in [0.29, 0.717) is 0 Å². The van der Waals surface area contributed by atoms with Gasteiger partial charge in [0.2, 0.25) is 0 Å². The van der Waals surface area contributed by atoms with E-state index >= 15 is 0 Å². The molecule has 0 aliphatic rings. The van der Waals surface area contributed by atoms with Crippen molar-refractivity contribution in [3.05, 3.63) is 149 Å². The summed E-state index contributed by atoms with van der Waals surface area (Å²) < 4.78 is 0. The molecule has 0 spiro atoms. The smallest absolute Gasteiger partial charge is 1.00 e. The molecule has 0 saturated carbocycles. The fraction of sp³-hybridized carbons (Fsp3) is 0.310. The number of benzene rings is 4. The minimum absolute atomic E-state index is 0. The van der Waals surface area contributed by atoms with Crippen molar-refractivity contribution >= 4 is 28.8 Å². The van der Waals surface area contributed by atoms with E-state index in [2.05, 4.69) is 142 Å². The van der Waals surface area contributed by atoms with Gasteiger partial charge in [-0.25, -0.2) is 6.07 Å². The van der Waals surface area contributed by atoms with Crippen LogP contribution in [-0.2, 0) is 47.4 Å². The fourth-order valence-electron chi connectivity index (χ4n) is 6.57. The zero-order valence-corrected chi connectivity index (χ0v) is 33.1. The van der Waals surface area contributed by atoms with E-state index in [1.165, 1.54) is 87.1 Å². The van der Waals surface area contributed by atoms with Gasteiger partial charge in [-0.1, -0.05) is 171 Å². The molecular formula is C42H49Cl3SiTi. The standard InChI is InChI=1S/C42H49Si.3ClH.Ti/c1-4-7-13-34-18-25-39(26-19-34)43(40-27-20-35(21-28-40)14-8-5-2,41-29-22-36(23-30-41)15-9-6-3)42-31-24-38(33-42)32-37-16-11-10-12-17-37;;;;/h10-12,16-31,33H,4-9,13-15,32H2,1-3H3;3*1H;/q-1;;;;+4/p-3. The average Bonchev–Trinajstić information content (AvgIpc) is 3.52. The second kappa shape index (κ2) is 21.9. The molecule has 0 aliphatic heterocycles. The van der Waals surface area contributed by atoms with Crippen molar-refractivity contribution in [3.63, 3.8) is 0 Å². The predicted molar refractivity (Wildman–Crippen MR) is 191 cm³/mol. The van der Waals surface area contributed by atoms with Crippen LogP contribution in [0.25, 0.3) is 0 Å². The molecule has 0 fully saturated rings. The van der Waals surface area contributed by atoms with E-state index in [1.54, 1.807) is 0 Å². The van der Waals surface area contributed by atoms with Crippen molar-refractivity contribution in [1.29, 1.82) is 0 Å². The zero-order valence-electron chi connectivity index (χ0n) is 28.3. The molecule has 47 heavy (non-hydrogen) atoms. The van der Waals surface area contributed by atoms with Crippen molar-refractivity contribution in [2.75, 3.05) is 0 Å². The van der Waals surface area contributed by atoms with Crippen LogP contribution in [0.5, 0.6) is 0 Å². The molecule has 0 bridgehead atoms. The van der Waals surface area contributed by atoms with E-state index in [-0.39, 0.29) is 58.9 Å². The van der Waals surface area contributed by atoms with Crippen LogP contribution in [0.2, 0.25) is 0 Å². The molecule has 5 heteroatoms. The molecule has 0 amide bonds. The maximum Gasteiger partial charge on any atom is 4.00 e. The molecule has 0 radical (unpaired) electrons. The Bertz CT molecular complexity index is 1400. The molecule has 0 saturated heterocycles. The van der Waals surface area contributed by atoms with Gasteiger partial charge in [0.15, 0.2) is 0 Å². The molecule has 5 aromatic rings. The van der Waals surface area contributed by atoms with Crippen LogP contribution in [0.15, 0.2) is 121 Å². The second-order valence-corrected chi connectivity index (χ2v) is 16.1. The van der Waals surface area contributed by atoms with Gasteiger partial charge in [0, 0.05) is 0 Å². The van der Waals surface area contributed by atoms with E-state index in [1.807, 2.05) is 0 Å².